The summed E-state index contributed by atoms with van der Waals surface area (Å²) in [5.41, 5.74) is 0. The highest BCUT2D eigenvalue weighted by Gasteiger charge is 2.04. The van der Waals surface area contributed by atoms with E-state index in [0.717, 1.165) is 63.1 Å². The molecule has 120 valence electrons. The zero-order valence-electron chi connectivity index (χ0n) is 13.8. The molecule has 0 fully saturated rings. The summed E-state index contributed by atoms with van der Waals surface area (Å²) in [6.45, 7) is 8.57. The van der Waals surface area contributed by atoms with Gasteiger partial charge in [-0.3, -0.25) is 0 Å². The minimum absolute atomic E-state index is 0.759. The molecule has 0 atom stereocenters. The van der Waals surface area contributed by atoms with Gasteiger partial charge >= 0.3 is 0 Å². The van der Waals surface area contributed by atoms with Crippen LogP contribution in [-0.2, 0) is 11.2 Å². The fourth-order valence-corrected chi connectivity index (χ4v) is 1.93. The molecule has 21 heavy (non-hydrogen) atoms. The van der Waals surface area contributed by atoms with E-state index in [0.29, 0.717) is 0 Å². The number of rotatable bonds is 11. The molecule has 6 heteroatoms. The van der Waals surface area contributed by atoms with Crippen molar-refractivity contribution < 1.29 is 4.74 Å². The Morgan fingerprint density at radius 2 is 1.86 bits per heavy atom. The summed E-state index contributed by atoms with van der Waals surface area (Å²) in [5, 5.41) is 6.63. The number of aryl methyl sites for hydroxylation is 1. The van der Waals surface area contributed by atoms with Crippen molar-refractivity contribution in [1.82, 2.24) is 14.9 Å². The third-order valence-corrected chi connectivity index (χ3v) is 3.08. The molecule has 0 amide bonds. The van der Waals surface area contributed by atoms with E-state index in [-0.39, 0.29) is 0 Å². The summed E-state index contributed by atoms with van der Waals surface area (Å²) in [4.78, 5) is 11.3. The van der Waals surface area contributed by atoms with Crippen LogP contribution in [0.5, 0.6) is 0 Å². The minimum Gasteiger partial charge on any atom is -0.383 e. The molecule has 0 aliphatic carbocycles. The van der Waals surface area contributed by atoms with Crippen molar-refractivity contribution >= 4 is 11.6 Å². The number of likely N-dealkylation sites (N-methyl/N-ethyl adjacent to an activating group) is 1. The Balaban J connectivity index is 2.52. The van der Waals surface area contributed by atoms with Crippen LogP contribution in [0.15, 0.2) is 6.07 Å². The van der Waals surface area contributed by atoms with Crippen LogP contribution in [0, 0.1) is 0 Å². The molecule has 0 aliphatic heterocycles. The van der Waals surface area contributed by atoms with Gasteiger partial charge in [-0.15, -0.1) is 0 Å². The number of nitrogens with zero attached hydrogens (tertiary/aromatic N) is 3. The van der Waals surface area contributed by atoms with Crippen molar-refractivity contribution in [3.63, 3.8) is 0 Å². The van der Waals surface area contributed by atoms with Crippen LogP contribution < -0.4 is 10.6 Å². The Morgan fingerprint density at radius 3 is 2.48 bits per heavy atom. The van der Waals surface area contributed by atoms with Gasteiger partial charge in [0.1, 0.15) is 17.5 Å². The van der Waals surface area contributed by atoms with Gasteiger partial charge in [0.15, 0.2) is 0 Å². The SMILES string of the molecule is CCCc1nc(NCC)cc(NCCN(C)CCOC)n1. The van der Waals surface area contributed by atoms with E-state index in [2.05, 4.69) is 46.4 Å². The summed E-state index contributed by atoms with van der Waals surface area (Å²) in [6.07, 6.45) is 1.95. The molecule has 0 saturated carbocycles. The lowest BCUT2D eigenvalue weighted by molar-refractivity contribution is 0.163. The standard InChI is InChI=1S/C15H29N5O/c1-5-7-13-18-14(16-6-2)12-15(19-13)17-8-9-20(3)10-11-21-4/h12H,5-11H2,1-4H3,(H2,16,17,18,19). The van der Waals surface area contributed by atoms with E-state index in [1.807, 2.05) is 6.07 Å². The first kappa shape index (κ1) is 17.7. The summed E-state index contributed by atoms with van der Waals surface area (Å²) in [7, 11) is 3.82. The Kier molecular flexibility index (Phi) is 8.69. The molecular weight excluding hydrogens is 266 g/mol. The Morgan fingerprint density at radius 1 is 1.14 bits per heavy atom. The average Bonchev–Trinajstić information content (AvgIpc) is 2.45. The number of hydrogen-bond acceptors (Lipinski definition) is 6. The largest absolute Gasteiger partial charge is 0.383 e. The molecule has 0 radical (unpaired) electrons. The summed E-state index contributed by atoms with van der Waals surface area (Å²) in [6, 6.07) is 1.97. The molecule has 1 rings (SSSR count). The van der Waals surface area contributed by atoms with Gasteiger partial charge in [-0.05, 0) is 20.4 Å². The highest BCUT2D eigenvalue weighted by molar-refractivity contribution is 5.47. The van der Waals surface area contributed by atoms with Gasteiger partial charge in [0.2, 0.25) is 0 Å². The Hall–Kier alpha value is -1.40. The molecular formula is C15H29N5O. The number of methoxy groups -OCH3 is 1. The third-order valence-electron chi connectivity index (χ3n) is 3.08. The van der Waals surface area contributed by atoms with Gasteiger partial charge in [0.25, 0.3) is 0 Å². The van der Waals surface area contributed by atoms with Crippen LogP contribution in [0.2, 0.25) is 0 Å². The molecule has 2 N–H and O–H groups in total. The monoisotopic (exact) mass is 295 g/mol. The first-order valence-electron chi connectivity index (χ1n) is 7.72. The van der Waals surface area contributed by atoms with Crippen LogP contribution in [-0.4, -0.2) is 61.8 Å². The van der Waals surface area contributed by atoms with Gasteiger partial charge in [0, 0.05) is 45.8 Å². The fourth-order valence-electron chi connectivity index (χ4n) is 1.93. The molecule has 0 saturated heterocycles. The molecule has 0 bridgehead atoms. The van der Waals surface area contributed by atoms with Crippen molar-refractivity contribution in [2.24, 2.45) is 0 Å². The molecule has 0 unspecified atom stereocenters. The van der Waals surface area contributed by atoms with E-state index < -0.39 is 0 Å². The second-order valence-corrected chi connectivity index (χ2v) is 5.06. The van der Waals surface area contributed by atoms with E-state index >= 15 is 0 Å². The number of nitrogens with one attached hydrogen (secondary N) is 2. The second kappa shape index (κ2) is 10.3. The maximum atomic E-state index is 5.07. The molecule has 1 heterocycles. The number of anilines is 2. The van der Waals surface area contributed by atoms with Gasteiger partial charge in [-0.25, -0.2) is 9.97 Å². The highest BCUT2D eigenvalue weighted by atomic mass is 16.5. The highest BCUT2D eigenvalue weighted by Crippen LogP contribution is 2.12. The minimum atomic E-state index is 0.759. The molecule has 0 aliphatic rings. The quantitative estimate of drug-likeness (QED) is 0.650. The van der Waals surface area contributed by atoms with Crippen LogP contribution in [0.3, 0.4) is 0 Å². The maximum Gasteiger partial charge on any atom is 0.133 e. The second-order valence-electron chi connectivity index (χ2n) is 5.06. The van der Waals surface area contributed by atoms with Gasteiger partial charge in [-0.1, -0.05) is 6.92 Å². The third kappa shape index (κ3) is 7.24. The maximum absolute atomic E-state index is 5.07. The lowest BCUT2D eigenvalue weighted by Gasteiger charge is -2.17. The normalized spacial score (nSPS) is 10.9. The lowest BCUT2D eigenvalue weighted by atomic mass is 10.3. The first-order valence-corrected chi connectivity index (χ1v) is 7.72. The smallest absolute Gasteiger partial charge is 0.133 e. The average molecular weight is 295 g/mol. The molecule has 1 aromatic heterocycles. The summed E-state index contributed by atoms with van der Waals surface area (Å²) < 4.78 is 5.07. The zero-order valence-corrected chi connectivity index (χ0v) is 13.8. The van der Waals surface area contributed by atoms with Gasteiger partial charge in [0.05, 0.1) is 6.61 Å². The predicted molar refractivity (Wildman–Crippen MR) is 88.1 cm³/mol. The Labute approximate surface area is 128 Å². The predicted octanol–water partition coefficient (Wildman–Crippen LogP) is 1.85. The first-order chi connectivity index (χ1) is 10.2. The van der Waals surface area contributed by atoms with Crippen LogP contribution >= 0.6 is 0 Å². The van der Waals surface area contributed by atoms with E-state index in [4.69, 9.17) is 4.74 Å². The molecule has 1 aromatic rings. The van der Waals surface area contributed by atoms with Crippen LogP contribution in [0.4, 0.5) is 11.6 Å². The van der Waals surface area contributed by atoms with Crippen LogP contribution in [0.25, 0.3) is 0 Å². The summed E-state index contributed by atoms with van der Waals surface area (Å²) in [5.74, 6) is 2.68. The molecule has 6 nitrogen and oxygen atoms in total. The van der Waals surface area contributed by atoms with Crippen molar-refractivity contribution in [3.05, 3.63) is 11.9 Å². The Bertz CT molecular complexity index is 375. The van der Waals surface area contributed by atoms with E-state index in [9.17, 15) is 0 Å². The summed E-state index contributed by atoms with van der Waals surface area (Å²) >= 11 is 0. The van der Waals surface area contributed by atoms with Gasteiger partial charge < -0.3 is 20.3 Å². The topological polar surface area (TPSA) is 62.3 Å². The van der Waals surface area contributed by atoms with Crippen molar-refractivity contribution in [2.75, 3.05) is 57.6 Å². The number of hydrogen-bond donors (Lipinski definition) is 2. The molecule has 0 spiro atoms. The fraction of sp³-hybridized carbons (Fsp3) is 0.733. The van der Waals surface area contributed by atoms with Gasteiger partial charge in [-0.2, -0.15) is 0 Å². The van der Waals surface area contributed by atoms with Crippen molar-refractivity contribution in [2.45, 2.75) is 26.7 Å². The number of aromatic nitrogens is 2. The zero-order chi connectivity index (χ0) is 15.5. The van der Waals surface area contributed by atoms with Crippen molar-refractivity contribution in [1.29, 1.82) is 0 Å². The lowest BCUT2D eigenvalue weighted by Crippen LogP contribution is -2.28. The van der Waals surface area contributed by atoms with Crippen molar-refractivity contribution in [3.8, 4) is 0 Å². The van der Waals surface area contributed by atoms with E-state index in [1.165, 1.54) is 0 Å². The van der Waals surface area contributed by atoms with Crippen LogP contribution in [0.1, 0.15) is 26.1 Å². The molecule has 0 aromatic carbocycles. The number of ether oxygens (including phenoxy) is 1. The van der Waals surface area contributed by atoms with E-state index in [1.54, 1.807) is 7.11 Å².